The summed E-state index contributed by atoms with van der Waals surface area (Å²) >= 11 is 0. The second-order valence-corrected chi connectivity index (χ2v) is 5.56. The van der Waals surface area contributed by atoms with E-state index in [1.165, 1.54) is 19.2 Å². The highest BCUT2D eigenvalue weighted by Gasteiger charge is 2.46. The van der Waals surface area contributed by atoms with Crippen LogP contribution in [0.15, 0.2) is 18.2 Å². The maximum atomic E-state index is 14.1. The zero-order valence-electron chi connectivity index (χ0n) is 14.1. The summed E-state index contributed by atoms with van der Waals surface area (Å²) in [6.07, 6.45) is -0.110. The number of hydrogen-bond donors (Lipinski definition) is 0. The van der Waals surface area contributed by atoms with E-state index < -0.39 is 41.5 Å². The molecule has 1 aliphatic rings. The molecule has 0 radical (unpaired) electrons. The second-order valence-electron chi connectivity index (χ2n) is 5.56. The highest BCUT2D eigenvalue weighted by Crippen LogP contribution is 2.45. The molecule has 25 heavy (non-hydrogen) atoms. The van der Waals surface area contributed by atoms with Gasteiger partial charge in [-0.05, 0) is 6.07 Å². The molecule has 8 heteroatoms. The molecule has 7 nitrogen and oxygen atoms in total. The molecule has 0 saturated carbocycles. The number of hydrogen-bond acceptors (Lipinski definition) is 7. The van der Waals surface area contributed by atoms with Crippen molar-refractivity contribution in [2.45, 2.75) is 12.3 Å². The molecule has 0 N–H and O–H groups in total. The van der Waals surface area contributed by atoms with E-state index in [9.17, 15) is 18.8 Å². The Balaban J connectivity index is 2.55. The Bertz CT molecular complexity index is 657. The van der Waals surface area contributed by atoms with Crippen molar-refractivity contribution in [1.29, 1.82) is 0 Å². The summed E-state index contributed by atoms with van der Waals surface area (Å²) in [5.41, 5.74) is 0.306. The molecule has 1 aromatic rings. The average Bonchev–Trinajstić information content (AvgIpc) is 2.62. The molecule has 2 unspecified atom stereocenters. The fourth-order valence-electron chi connectivity index (χ4n) is 3.07. The topological polar surface area (TPSA) is 88.1 Å². The van der Waals surface area contributed by atoms with Gasteiger partial charge in [-0.3, -0.25) is 14.4 Å². The van der Waals surface area contributed by atoms with E-state index in [-0.39, 0.29) is 18.8 Å². The van der Waals surface area contributed by atoms with Crippen LogP contribution in [-0.4, -0.2) is 45.8 Å². The van der Waals surface area contributed by atoms with Gasteiger partial charge in [0, 0.05) is 17.4 Å². The van der Waals surface area contributed by atoms with Gasteiger partial charge >= 0.3 is 17.9 Å². The number of methoxy groups -OCH3 is 3. The van der Waals surface area contributed by atoms with Crippen molar-refractivity contribution in [2.75, 3.05) is 27.9 Å². The monoisotopic (exact) mass is 354 g/mol. The van der Waals surface area contributed by atoms with Gasteiger partial charge in [-0.1, -0.05) is 12.1 Å². The van der Waals surface area contributed by atoms with Gasteiger partial charge in [0.1, 0.15) is 0 Å². The first kappa shape index (κ1) is 18.7. The van der Waals surface area contributed by atoms with Crippen LogP contribution in [0, 0.1) is 17.7 Å². The van der Waals surface area contributed by atoms with E-state index in [4.69, 9.17) is 14.2 Å². The number of rotatable bonds is 5. The third-order valence-corrected chi connectivity index (χ3v) is 4.23. The number of para-hydroxylation sites is 1. The van der Waals surface area contributed by atoms with E-state index in [2.05, 4.69) is 4.74 Å². The molecule has 0 spiro atoms. The Morgan fingerprint density at radius 2 is 1.80 bits per heavy atom. The lowest BCUT2D eigenvalue weighted by atomic mass is 9.74. The number of fused-ring (bicyclic) bond motifs is 1. The van der Waals surface area contributed by atoms with Crippen molar-refractivity contribution in [2.24, 2.45) is 11.8 Å². The lowest BCUT2D eigenvalue weighted by Gasteiger charge is -2.35. The molecule has 2 atom stereocenters. The number of ether oxygens (including phenoxy) is 4. The Morgan fingerprint density at radius 1 is 1.16 bits per heavy atom. The van der Waals surface area contributed by atoms with E-state index in [0.717, 1.165) is 14.2 Å². The maximum absolute atomic E-state index is 14.1. The second kappa shape index (κ2) is 7.96. The highest BCUT2D eigenvalue weighted by molar-refractivity contribution is 5.96. The summed E-state index contributed by atoms with van der Waals surface area (Å²) in [4.78, 5) is 36.2. The summed E-state index contributed by atoms with van der Waals surface area (Å²) in [7, 11) is 3.51. The minimum Gasteiger partial charge on any atom is -0.490 e. The molecule has 1 aromatic carbocycles. The van der Waals surface area contributed by atoms with E-state index in [1.807, 2.05) is 0 Å². The third kappa shape index (κ3) is 3.72. The molecule has 136 valence electrons. The molecular weight excluding hydrogens is 335 g/mol. The molecule has 0 amide bonds. The summed E-state index contributed by atoms with van der Waals surface area (Å²) in [6, 6.07) is 4.20. The molecule has 2 rings (SSSR count). The molecule has 1 aliphatic heterocycles. The molecule has 0 aromatic heterocycles. The molecule has 1 heterocycles. The summed E-state index contributed by atoms with van der Waals surface area (Å²) in [5.74, 6) is -5.66. The standard InChI is InChI=1S/C17H19FO7/c1-22-12(19)7-9-8-25-15-10(5-4-6-11(15)18)13(9)14(16(20)23-2)17(21)24-3/h4-6,9,13-14H,7-8H2,1-3H3. The number of carbonyl (C=O) groups is 3. The Hall–Kier alpha value is -2.64. The quantitative estimate of drug-likeness (QED) is 0.449. The van der Waals surface area contributed by atoms with Crippen molar-refractivity contribution in [1.82, 2.24) is 0 Å². The van der Waals surface area contributed by atoms with Gasteiger partial charge in [0.25, 0.3) is 0 Å². The zero-order valence-corrected chi connectivity index (χ0v) is 14.1. The first-order valence-corrected chi connectivity index (χ1v) is 7.58. The predicted octanol–water partition coefficient (Wildman–Crippen LogP) is 1.44. The normalized spacial score (nSPS) is 18.8. The molecule has 0 fully saturated rings. The minimum atomic E-state index is -1.35. The van der Waals surface area contributed by atoms with Crippen LogP contribution in [0.3, 0.4) is 0 Å². The summed E-state index contributed by atoms with van der Waals surface area (Å²) in [6.45, 7) is -0.0574. The Labute approximate surface area is 144 Å². The minimum absolute atomic E-state index is 0.0496. The first-order chi connectivity index (χ1) is 11.9. The lowest BCUT2D eigenvalue weighted by molar-refractivity contribution is -0.162. The molecular formula is C17H19FO7. The number of halogens is 1. The van der Waals surface area contributed by atoms with E-state index >= 15 is 0 Å². The SMILES string of the molecule is COC(=O)CC1COc2c(F)cccc2C1C(C(=O)OC)C(=O)OC. The number of benzene rings is 1. The van der Waals surface area contributed by atoms with Crippen molar-refractivity contribution >= 4 is 17.9 Å². The smallest absolute Gasteiger partial charge is 0.320 e. The average molecular weight is 354 g/mol. The largest absolute Gasteiger partial charge is 0.490 e. The fourth-order valence-corrected chi connectivity index (χ4v) is 3.07. The fraction of sp³-hybridized carbons (Fsp3) is 0.471. The van der Waals surface area contributed by atoms with Crippen LogP contribution >= 0.6 is 0 Å². The third-order valence-electron chi connectivity index (χ3n) is 4.23. The number of carbonyl (C=O) groups excluding carboxylic acids is 3. The Morgan fingerprint density at radius 3 is 2.36 bits per heavy atom. The van der Waals surface area contributed by atoms with Gasteiger partial charge in [0.2, 0.25) is 0 Å². The maximum Gasteiger partial charge on any atom is 0.320 e. The van der Waals surface area contributed by atoms with Gasteiger partial charge in [-0.15, -0.1) is 0 Å². The summed E-state index contributed by atoms with van der Waals surface area (Å²) in [5, 5.41) is 0. The molecule has 0 saturated heterocycles. The number of esters is 3. The van der Waals surface area contributed by atoms with Crippen LogP contribution in [0.25, 0.3) is 0 Å². The van der Waals surface area contributed by atoms with Gasteiger partial charge in [0.05, 0.1) is 34.4 Å². The van der Waals surface area contributed by atoms with Crippen LogP contribution < -0.4 is 4.74 Å². The van der Waals surface area contributed by atoms with Crippen molar-refractivity contribution in [3.8, 4) is 5.75 Å². The first-order valence-electron chi connectivity index (χ1n) is 7.58. The van der Waals surface area contributed by atoms with Crippen molar-refractivity contribution in [3.05, 3.63) is 29.6 Å². The highest BCUT2D eigenvalue weighted by atomic mass is 19.1. The van der Waals surface area contributed by atoms with Crippen molar-refractivity contribution < 1.29 is 37.7 Å². The van der Waals surface area contributed by atoms with E-state index in [1.54, 1.807) is 6.07 Å². The van der Waals surface area contributed by atoms with Gasteiger partial charge in [-0.25, -0.2) is 4.39 Å². The summed E-state index contributed by atoms with van der Waals surface area (Å²) < 4.78 is 33.6. The van der Waals surface area contributed by atoms with E-state index in [0.29, 0.717) is 5.56 Å². The van der Waals surface area contributed by atoms with Gasteiger partial charge in [-0.2, -0.15) is 0 Å². The lowest BCUT2D eigenvalue weighted by Crippen LogP contribution is -2.40. The van der Waals surface area contributed by atoms with Crippen LogP contribution in [-0.2, 0) is 28.6 Å². The van der Waals surface area contributed by atoms with Crippen LogP contribution in [0.1, 0.15) is 17.9 Å². The van der Waals surface area contributed by atoms with Gasteiger partial charge < -0.3 is 18.9 Å². The van der Waals surface area contributed by atoms with Crippen LogP contribution in [0.2, 0.25) is 0 Å². The van der Waals surface area contributed by atoms with Crippen LogP contribution in [0.5, 0.6) is 5.75 Å². The van der Waals surface area contributed by atoms with Crippen LogP contribution in [0.4, 0.5) is 4.39 Å². The predicted molar refractivity (Wildman–Crippen MR) is 82.3 cm³/mol. The molecule has 0 bridgehead atoms. The molecule has 0 aliphatic carbocycles. The van der Waals surface area contributed by atoms with Crippen molar-refractivity contribution in [3.63, 3.8) is 0 Å². The zero-order chi connectivity index (χ0) is 18.6. The van der Waals surface area contributed by atoms with Gasteiger partial charge in [0.15, 0.2) is 17.5 Å². The Kier molecular flexibility index (Phi) is 5.95.